The van der Waals surface area contributed by atoms with Crippen LogP contribution in [-0.4, -0.2) is 37.6 Å². The Morgan fingerprint density at radius 3 is 3.10 bits per heavy atom. The molecule has 1 aromatic rings. The van der Waals surface area contributed by atoms with Crippen molar-refractivity contribution in [3.8, 4) is 5.75 Å². The van der Waals surface area contributed by atoms with Crippen molar-refractivity contribution in [1.29, 1.82) is 0 Å². The first-order chi connectivity index (χ1) is 9.74. The number of amides is 1. The summed E-state index contributed by atoms with van der Waals surface area (Å²) in [4.78, 5) is 12.3. The molecule has 2 unspecified atom stereocenters. The highest BCUT2D eigenvalue weighted by Crippen LogP contribution is 2.26. The topological polar surface area (TPSA) is 47.6 Å². The van der Waals surface area contributed by atoms with Crippen molar-refractivity contribution in [3.63, 3.8) is 0 Å². The van der Waals surface area contributed by atoms with E-state index < -0.39 is 0 Å². The fourth-order valence-corrected chi connectivity index (χ4v) is 2.90. The van der Waals surface area contributed by atoms with Gasteiger partial charge in [-0.15, -0.1) is 0 Å². The first kappa shape index (κ1) is 15.3. The average Bonchev–Trinajstić information content (AvgIpc) is 2.47. The second-order valence-corrected chi connectivity index (χ2v) is 5.75. The van der Waals surface area contributed by atoms with Gasteiger partial charge in [-0.25, -0.2) is 0 Å². The minimum atomic E-state index is -0.125. The van der Waals surface area contributed by atoms with Crippen LogP contribution in [0.15, 0.2) is 24.3 Å². The Hall–Kier alpha value is -1.07. The van der Waals surface area contributed by atoms with Gasteiger partial charge in [0.05, 0.1) is 18.6 Å². The van der Waals surface area contributed by atoms with Crippen LogP contribution < -0.4 is 10.1 Å². The number of ether oxygens (including phenoxy) is 2. The Kier molecular flexibility index (Phi) is 5.86. The molecule has 2 rings (SSSR count). The monoisotopic (exact) mass is 341 g/mol. The Balaban J connectivity index is 1.93. The summed E-state index contributed by atoms with van der Waals surface area (Å²) in [6, 6.07) is 7.93. The van der Waals surface area contributed by atoms with Crippen LogP contribution in [0.4, 0.5) is 0 Å². The molecule has 5 heteroatoms. The predicted octanol–water partition coefficient (Wildman–Crippen LogP) is 2.15. The van der Waals surface area contributed by atoms with E-state index in [2.05, 4.69) is 21.2 Å². The Labute approximate surface area is 128 Å². The molecule has 0 radical (unpaired) electrons. The molecule has 1 N–H and O–H groups in total. The lowest BCUT2D eigenvalue weighted by atomic mass is 9.95. The minimum Gasteiger partial charge on any atom is -0.492 e. The van der Waals surface area contributed by atoms with Gasteiger partial charge in [-0.3, -0.25) is 4.79 Å². The van der Waals surface area contributed by atoms with Crippen molar-refractivity contribution >= 4 is 21.8 Å². The SMILES string of the molecule is COCC(CCBr)NC(=O)C1COc2ccccc2C1. The number of benzene rings is 1. The fraction of sp³-hybridized carbons (Fsp3) is 0.533. The van der Waals surface area contributed by atoms with E-state index in [1.54, 1.807) is 7.11 Å². The van der Waals surface area contributed by atoms with Crippen LogP contribution in [0.3, 0.4) is 0 Å². The summed E-state index contributed by atoms with van der Waals surface area (Å²) in [6.07, 6.45) is 1.58. The number of para-hydroxylation sites is 1. The molecule has 1 heterocycles. The standard InChI is InChI=1S/C15H20BrNO3/c1-19-10-13(6-7-16)17-15(18)12-8-11-4-2-3-5-14(11)20-9-12/h2-5,12-13H,6-10H2,1H3,(H,17,18). The Morgan fingerprint density at radius 2 is 2.35 bits per heavy atom. The van der Waals surface area contributed by atoms with E-state index in [0.29, 0.717) is 13.2 Å². The van der Waals surface area contributed by atoms with Crippen molar-refractivity contribution in [2.45, 2.75) is 18.9 Å². The minimum absolute atomic E-state index is 0.0440. The highest BCUT2D eigenvalue weighted by Gasteiger charge is 2.27. The zero-order valence-corrected chi connectivity index (χ0v) is 13.2. The van der Waals surface area contributed by atoms with Crippen molar-refractivity contribution in [1.82, 2.24) is 5.32 Å². The maximum atomic E-state index is 12.3. The molecular weight excluding hydrogens is 322 g/mol. The van der Waals surface area contributed by atoms with Crippen molar-refractivity contribution < 1.29 is 14.3 Å². The molecule has 0 saturated heterocycles. The summed E-state index contributed by atoms with van der Waals surface area (Å²) >= 11 is 3.40. The van der Waals surface area contributed by atoms with E-state index in [1.165, 1.54) is 0 Å². The quantitative estimate of drug-likeness (QED) is 0.806. The van der Waals surface area contributed by atoms with E-state index in [0.717, 1.165) is 29.5 Å². The molecule has 110 valence electrons. The molecule has 4 nitrogen and oxygen atoms in total. The van der Waals surface area contributed by atoms with Crippen LogP contribution in [0.5, 0.6) is 5.75 Å². The van der Waals surface area contributed by atoms with Gasteiger partial charge in [-0.05, 0) is 24.5 Å². The summed E-state index contributed by atoms with van der Waals surface area (Å²) < 4.78 is 10.8. The summed E-state index contributed by atoms with van der Waals surface area (Å²) in [6.45, 7) is 0.971. The van der Waals surface area contributed by atoms with Crippen LogP contribution in [0.25, 0.3) is 0 Å². The zero-order chi connectivity index (χ0) is 14.4. The van der Waals surface area contributed by atoms with Crippen LogP contribution in [0.1, 0.15) is 12.0 Å². The van der Waals surface area contributed by atoms with Gasteiger partial charge >= 0.3 is 0 Å². The molecule has 0 fully saturated rings. The van der Waals surface area contributed by atoms with Crippen LogP contribution in [-0.2, 0) is 16.0 Å². The third kappa shape index (κ3) is 3.96. The number of alkyl halides is 1. The van der Waals surface area contributed by atoms with Crippen LogP contribution >= 0.6 is 15.9 Å². The number of rotatable bonds is 6. The van der Waals surface area contributed by atoms with Crippen LogP contribution in [0.2, 0.25) is 0 Å². The van der Waals surface area contributed by atoms with E-state index >= 15 is 0 Å². The molecule has 0 spiro atoms. The zero-order valence-electron chi connectivity index (χ0n) is 11.6. The van der Waals surface area contributed by atoms with Gasteiger partial charge in [0.1, 0.15) is 12.4 Å². The lowest BCUT2D eigenvalue weighted by molar-refractivity contribution is -0.127. The molecular formula is C15H20BrNO3. The average molecular weight is 342 g/mol. The fourth-order valence-electron chi connectivity index (χ4n) is 2.35. The highest BCUT2D eigenvalue weighted by atomic mass is 79.9. The van der Waals surface area contributed by atoms with Gasteiger partial charge in [0.25, 0.3) is 0 Å². The summed E-state index contributed by atoms with van der Waals surface area (Å²) in [7, 11) is 1.65. The summed E-state index contributed by atoms with van der Waals surface area (Å²) in [5.74, 6) is 0.813. The smallest absolute Gasteiger partial charge is 0.227 e. The number of fused-ring (bicyclic) bond motifs is 1. The van der Waals surface area contributed by atoms with Crippen LogP contribution in [0, 0.1) is 5.92 Å². The molecule has 2 atom stereocenters. The number of carbonyl (C=O) groups is 1. The van der Waals surface area contributed by atoms with E-state index in [9.17, 15) is 4.79 Å². The third-order valence-corrected chi connectivity index (χ3v) is 3.88. The number of methoxy groups -OCH3 is 1. The van der Waals surface area contributed by atoms with Crippen molar-refractivity contribution in [2.75, 3.05) is 25.7 Å². The molecule has 1 aliphatic rings. The Bertz CT molecular complexity index is 446. The van der Waals surface area contributed by atoms with Gasteiger partial charge in [-0.2, -0.15) is 0 Å². The summed E-state index contributed by atoms with van der Waals surface area (Å²) in [5.41, 5.74) is 1.10. The van der Waals surface area contributed by atoms with E-state index in [-0.39, 0.29) is 17.9 Å². The molecule has 0 saturated carbocycles. The number of hydrogen-bond acceptors (Lipinski definition) is 3. The third-order valence-electron chi connectivity index (χ3n) is 3.42. The van der Waals surface area contributed by atoms with Gasteiger partial charge in [0, 0.05) is 12.4 Å². The van der Waals surface area contributed by atoms with Gasteiger partial charge in [-0.1, -0.05) is 34.1 Å². The molecule has 1 aromatic carbocycles. The molecule has 1 amide bonds. The molecule has 0 aromatic heterocycles. The molecule has 1 aliphatic heterocycles. The van der Waals surface area contributed by atoms with Gasteiger partial charge in [0.2, 0.25) is 5.91 Å². The van der Waals surface area contributed by atoms with Gasteiger partial charge < -0.3 is 14.8 Å². The highest BCUT2D eigenvalue weighted by molar-refractivity contribution is 9.09. The Morgan fingerprint density at radius 1 is 1.55 bits per heavy atom. The first-order valence-electron chi connectivity index (χ1n) is 6.80. The molecule has 20 heavy (non-hydrogen) atoms. The number of carbonyl (C=O) groups excluding carboxylic acids is 1. The maximum Gasteiger partial charge on any atom is 0.227 e. The lowest BCUT2D eigenvalue weighted by Crippen LogP contribution is -2.44. The predicted molar refractivity (Wildman–Crippen MR) is 81.3 cm³/mol. The van der Waals surface area contributed by atoms with Crippen molar-refractivity contribution in [2.24, 2.45) is 5.92 Å². The molecule has 0 bridgehead atoms. The first-order valence-corrected chi connectivity index (χ1v) is 7.92. The van der Waals surface area contributed by atoms with Crippen molar-refractivity contribution in [3.05, 3.63) is 29.8 Å². The van der Waals surface area contributed by atoms with E-state index in [4.69, 9.17) is 9.47 Å². The van der Waals surface area contributed by atoms with E-state index in [1.807, 2.05) is 24.3 Å². The number of nitrogens with one attached hydrogen (secondary N) is 1. The maximum absolute atomic E-state index is 12.3. The number of hydrogen-bond donors (Lipinski definition) is 1. The molecule has 0 aliphatic carbocycles. The number of halogens is 1. The normalized spacial score (nSPS) is 18.8. The second-order valence-electron chi connectivity index (χ2n) is 4.96. The van der Waals surface area contributed by atoms with Gasteiger partial charge in [0.15, 0.2) is 0 Å². The largest absolute Gasteiger partial charge is 0.492 e. The second kappa shape index (κ2) is 7.64. The lowest BCUT2D eigenvalue weighted by Gasteiger charge is -2.26. The summed E-state index contributed by atoms with van der Waals surface area (Å²) in [5, 5.41) is 3.88.